The third-order valence-corrected chi connectivity index (χ3v) is 1.43. The molecule has 0 aromatic rings. The lowest BCUT2D eigenvalue weighted by atomic mass is 10.2. The van der Waals surface area contributed by atoms with Crippen LogP contribution in [-0.2, 0) is 14.3 Å². The molecular formula is C6H10O3. The van der Waals surface area contributed by atoms with E-state index in [1.807, 2.05) is 0 Å². The van der Waals surface area contributed by atoms with Crippen LogP contribution in [-0.4, -0.2) is 25.8 Å². The van der Waals surface area contributed by atoms with Gasteiger partial charge in [-0.25, -0.2) is 0 Å². The Hall–Kier alpha value is -0.570. The fourth-order valence-electron chi connectivity index (χ4n) is 0.806. The molecule has 1 unspecified atom stereocenters. The maximum Gasteiger partial charge on any atom is 0.305 e. The Labute approximate surface area is 53.9 Å². The Bertz CT molecular complexity index is 101. The van der Waals surface area contributed by atoms with Gasteiger partial charge in [0.2, 0.25) is 0 Å². The van der Waals surface area contributed by atoms with Gasteiger partial charge in [0.05, 0.1) is 6.10 Å². The van der Waals surface area contributed by atoms with E-state index >= 15 is 0 Å². The number of ether oxygens (including phenoxy) is 2. The van der Waals surface area contributed by atoms with Crippen LogP contribution in [0.15, 0.2) is 0 Å². The highest BCUT2D eigenvalue weighted by Gasteiger charge is 2.18. The summed E-state index contributed by atoms with van der Waals surface area (Å²) in [5.41, 5.74) is 0. The van der Waals surface area contributed by atoms with Crippen LogP contribution >= 0.6 is 0 Å². The molecular weight excluding hydrogens is 120 g/mol. The Morgan fingerprint density at radius 3 is 3.00 bits per heavy atom. The molecule has 0 amide bonds. The summed E-state index contributed by atoms with van der Waals surface area (Å²) in [5, 5.41) is 0. The fraction of sp³-hybridized carbons (Fsp3) is 0.833. The van der Waals surface area contributed by atoms with E-state index in [1.54, 1.807) is 7.11 Å². The first-order valence-corrected chi connectivity index (χ1v) is 3.01. The number of rotatable bonds is 1. The van der Waals surface area contributed by atoms with Crippen LogP contribution in [0.5, 0.6) is 0 Å². The maximum absolute atomic E-state index is 10.4. The van der Waals surface area contributed by atoms with Gasteiger partial charge in [0.25, 0.3) is 0 Å². The lowest BCUT2D eigenvalue weighted by molar-refractivity contribution is -0.153. The number of hydrogen-bond acceptors (Lipinski definition) is 3. The molecule has 0 spiro atoms. The first-order valence-electron chi connectivity index (χ1n) is 3.01. The summed E-state index contributed by atoms with van der Waals surface area (Å²) in [6.07, 6.45) is 1.43. The second kappa shape index (κ2) is 2.82. The van der Waals surface area contributed by atoms with E-state index in [9.17, 15) is 4.79 Å². The molecule has 1 heterocycles. The normalized spacial score (nSPS) is 27.7. The molecule has 0 bridgehead atoms. The molecule has 1 aliphatic heterocycles. The molecule has 0 saturated carbocycles. The summed E-state index contributed by atoms with van der Waals surface area (Å²) in [6.45, 7) is 0.426. The van der Waals surface area contributed by atoms with E-state index in [0.717, 1.165) is 6.42 Å². The summed E-state index contributed by atoms with van der Waals surface area (Å²) in [5.74, 6) is -0.108. The Balaban J connectivity index is 2.26. The van der Waals surface area contributed by atoms with E-state index in [2.05, 4.69) is 0 Å². The lowest BCUT2D eigenvalue weighted by Gasteiger charge is -2.19. The molecule has 1 saturated heterocycles. The highest BCUT2D eigenvalue weighted by molar-refractivity contribution is 5.70. The van der Waals surface area contributed by atoms with Crippen molar-refractivity contribution in [2.24, 2.45) is 0 Å². The van der Waals surface area contributed by atoms with Gasteiger partial charge in [-0.1, -0.05) is 0 Å². The molecule has 9 heavy (non-hydrogen) atoms. The molecule has 3 nitrogen and oxygen atoms in total. The van der Waals surface area contributed by atoms with Crippen LogP contribution in [0.4, 0.5) is 0 Å². The Kier molecular flexibility index (Phi) is 2.05. The molecule has 0 radical (unpaired) electrons. The van der Waals surface area contributed by atoms with Crippen molar-refractivity contribution in [2.75, 3.05) is 13.7 Å². The van der Waals surface area contributed by atoms with Crippen LogP contribution < -0.4 is 0 Å². The van der Waals surface area contributed by atoms with Gasteiger partial charge in [0.1, 0.15) is 6.61 Å². The minimum Gasteiger partial charge on any atom is -0.463 e. The summed E-state index contributed by atoms with van der Waals surface area (Å²) in [4.78, 5) is 10.4. The molecule has 0 aromatic carbocycles. The van der Waals surface area contributed by atoms with Crippen molar-refractivity contribution in [3.63, 3.8) is 0 Å². The third kappa shape index (κ3) is 1.68. The predicted molar refractivity (Wildman–Crippen MR) is 31.0 cm³/mol. The average Bonchev–Trinajstić information content (AvgIpc) is 1.90. The number of cyclic esters (lactones) is 1. The molecule has 52 valence electrons. The summed E-state index contributed by atoms with van der Waals surface area (Å²) < 4.78 is 9.68. The third-order valence-electron chi connectivity index (χ3n) is 1.43. The molecule has 1 aliphatic rings. The fourth-order valence-corrected chi connectivity index (χ4v) is 0.806. The van der Waals surface area contributed by atoms with Crippen LogP contribution in [0.3, 0.4) is 0 Å². The van der Waals surface area contributed by atoms with Crippen molar-refractivity contribution in [3.05, 3.63) is 0 Å². The first kappa shape index (κ1) is 6.55. The topological polar surface area (TPSA) is 35.5 Å². The average molecular weight is 130 g/mol. The molecule has 1 atom stereocenters. The molecule has 3 heteroatoms. The van der Waals surface area contributed by atoms with Crippen molar-refractivity contribution in [2.45, 2.75) is 18.9 Å². The number of hydrogen-bond donors (Lipinski definition) is 0. The van der Waals surface area contributed by atoms with Crippen molar-refractivity contribution in [3.8, 4) is 0 Å². The van der Waals surface area contributed by atoms with E-state index in [1.165, 1.54) is 0 Å². The van der Waals surface area contributed by atoms with Gasteiger partial charge in [0, 0.05) is 13.5 Å². The quantitative estimate of drug-likeness (QED) is 0.480. The molecule has 0 N–H and O–H groups in total. The second-order valence-corrected chi connectivity index (χ2v) is 2.08. The summed E-state index contributed by atoms with van der Waals surface area (Å²) in [6, 6.07) is 0. The Morgan fingerprint density at radius 1 is 1.78 bits per heavy atom. The molecule has 0 aromatic heterocycles. The smallest absolute Gasteiger partial charge is 0.305 e. The SMILES string of the molecule is COC1CCC(=O)OC1. The highest BCUT2D eigenvalue weighted by Crippen LogP contribution is 2.09. The number of esters is 1. The van der Waals surface area contributed by atoms with Crippen molar-refractivity contribution >= 4 is 5.97 Å². The lowest BCUT2D eigenvalue weighted by Crippen LogP contribution is -2.27. The summed E-state index contributed by atoms with van der Waals surface area (Å²) in [7, 11) is 1.63. The van der Waals surface area contributed by atoms with Gasteiger partial charge in [0.15, 0.2) is 0 Å². The van der Waals surface area contributed by atoms with Crippen LogP contribution in [0, 0.1) is 0 Å². The Morgan fingerprint density at radius 2 is 2.56 bits per heavy atom. The van der Waals surface area contributed by atoms with E-state index < -0.39 is 0 Å². The molecule has 1 fully saturated rings. The second-order valence-electron chi connectivity index (χ2n) is 2.08. The van der Waals surface area contributed by atoms with Crippen LogP contribution in [0.2, 0.25) is 0 Å². The van der Waals surface area contributed by atoms with E-state index in [-0.39, 0.29) is 12.1 Å². The maximum atomic E-state index is 10.4. The van der Waals surface area contributed by atoms with Gasteiger partial charge in [-0.05, 0) is 6.42 Å². The van der Waals surface area contributed by atoms with Crippen molar-refractivity contribution in [1.29, 1.82) is 0 Å². The van der Waals surface area contributed by atoms with Gasteiger partial charge in [-0.2, -0.15) is 0 Å². The molecule has 1 rings (SSSR count). The summed E-state index contributed by atoms with van der Waals surface area (Å²) >= 11 is 0. The number of methoxy groups -OCH3 is 1. The van der Waals surface area contributed by atoms with Gasteiger partial charge in [-0.3, -0.25) is 4.79 Å². The minimum absolute atomic E-state index is 0.108. The first-order chi connectivity index (χ1) is 4.33. The monoisotopic (exact) mass is 130 g/mol. The van der Waals surface area contributed by atoms with E-state index in [4.69, 9.17) is 9.47 Å². The van der Waals surface area contributed by atoms with E-state index in [0.29, 0.717) is 13.0 Å². The van der Waals surface area contributed by atoms with Gasteiger partial charge < -0.3 is 9.47 Å². The van der Waals surface area contributed by atoms with Crippen molar-refractivity contribution < 1.29 is 14.3 Å². The number of carbonyl (C=O) groups is 1. The number of carbonyl (C=O) groups excluding carboxylic acids is 1. The highest BCUT2D eigenvalue weighted by atomic mass is 16.6. The largest absolute Gasteiger partial charge is 0.463 e. The zero-order valence-corrected chi connectivity index (χ0v) is 5.42. The van der Waals surface area contributed by atoms with Crippen LogP contribution in [0.25, 0.3) is 0 Å². The standard InChI is InChI=1S/C6H10O3/c1-8-5-2-3-6(7)9-4-5/h5H,2-4H2,1H3. The van der Waals surface area contributed by atoms with Gasteiger partial charge >= 0.3 is 5.97 Å². The minimum atomic E-state index is -0.108. The zero-order chi connectivity index (χ0) is 6.69. The van der Waals surface area contributed by atoms with Crippen molar-refractivity contribution in [1.82, 2.24) is 0 Å². The zero-order valence-electron chi connectivity index (χ0n) is 5.42. The van der Waals surface area contributed by atoms with Crippen LogP contribution in [0.1, 0.15) is 12.8 Å². The predicted octanol–water partition coefficient (Wildman–Crippen LogP) is 0.338. The van der Waals surface area contributed by atoms with Gasteiger partial charge in [-0.15, -0.1) is 0 Å². The molecule has 0 aliphatic carbocycles.